The van der Waals surface area contributed by atoms with Crippen molar-refractivity contribution in [1.82, 2.24) is 15.2 Å². The Morgan fingerprint density at radius 3 is 2.27 bits per heavy atom. The number of hydrogen-bond acceptors (Lipinski definition) is 3. The number of piperidine rings is 1. The number of rotatable bonds is 6. The summed E-state index contributed by atoms with van der Waals surface area (Å²) in [6.45, 7) is 3.19. The lowest BCUT2D eigenvalue weighted by atomic mass is 9.65. The average molecular weight is 494 g/mol. The van der Waals surface area contributed by atoms with Crippen molar-refractivity contribution in [2.45, 2.75) is 38.6 Å². The van der Waals surface area contributed by atoms with E-state index in [1.807, 2.05) is 53.4 Å². The largest absolute Gasteiger partial charge is 0.353 e. The van der Waals surface area contributed by atoms with Gasteiger partial charge < -0.3 is 10.2 Å². The van der Waals surface area contributed by atoms with Crippen molar-refractivity contribution < 1.29 is 9.59 Å². The average Bonchev–Trinajstić information content (AvgIpc) is 2.98. The summed E-state index contributed by atoms with van der Waals surface area (Å²) in [5.74, 6) is 0.483. The molecule has 1 saturated heterocycles. The van der Waals surface area contributed by atoms with Gasteiger partial charge in [-0.3, -0.25) is 14.6 Å². The number of carbonyl (C=O) groups is 2. The molecular formula is C32H35N3O2. The summed E-state index contributed by atoms with van der Waals surface area (Å²) in [6.07, 6.45) is 21.7. The van der Waals surface area contributed by atoms with Crippen LogP contribution in [0, 0.1) is 17.3 Å². The second-order valence-electron chi connectivity index (χ2n) is 10.4. The van der Waals surface area contributed by atoms with Gasteiger partial charge in [0.05, 0.1) is 5.41 Å². The second-order valence-corrected chi connectivity index (χ2v) is 10.4. The summed E-state index contributed by atoms with van der Waals surface area (Å²) in [5.41, 5.74) is 1.99. The number of nitrogens with one attached hydrogen (secondary N) is 1. The number of carbonyl (C=O) groups excluding carboxylic acids is 2. The molecular weight excluding hydrogens is 458 g/mol. The number of benzene rings is 1. The first-order chi connectivity index (χ1) is 18.1. The maximum atomic E-state index is 13.9. The first kappa shape index (κ1) is 24.9. The highest BCUT2D eigenvalue weighted by molar-refractivity contribution is 5.93. The van der Waals surface area contributed by atoms with Crippen molar-refractivity contribution in [3.63, 3.8) is 0 Å². The van der Waals surface area contributed by atoms with E-state index in [-0.39, 0.29) is 23.8 Å². The monoisotopic (exact) mass is 493 g/mol. The van der Waals surface area contributed by atoms with Gasteiger partial charge in [0.2, 0.25) is 5.91 Å². The van der Waals surface area contributed by atoms with Gasteiger partial charge in [0, 0.05) is 36.8 Å². The van der Waals surface area contributed by atoms with Crippen molar-refractivity contribution in [1.29, 1.82) is 0 Å². The summed E-state index contributed by atoms with van der Waals surface area (Å²) in [6, 6.07) is 13.8. The Labute approximate surface area is 219 Å². The number of nitrogens with zero attached hydrogens (tertiary/aromatic N) is 2. The van der Waals surface area contributed by atoms with Gasteiger partial charge in [0.1, 0.15) is 5.69 Å². The zero-order valence-electron chi connectivity index (χ0n) is 21.4. The molecule has 2 amide bonds. The minimum absolute atomic E-state index is 0.0562. The molecule has 2 unspecified atom stereocenters. The third kappa shape index (κ3) is 5.36. The molecule has 5 nitrogen and oxygen atoms in total. The fraction of sp³-hybridized carbons (Fsp3) is 0.344. The van der Waals surface area contributed by atoms with Gasteiger partial charge >= 0.3 is 0 Å². The smallest absolute Gasteiger partial charge is 0.272 e. The molecule has 3 atom stereocenters. The van der Waals surface area contributed by atoms with E-state index in [9.17, 15) is 9.59 Å². The second kappa shape index (κ2) is 11.1. The van der Waals surface area contributed by atoms with E-state index in [2.05, 4.69) is 59.8 Å². The van der Waals surface area contributed by atoms with E-state index in [0.717, 1.165) is 24.0 Å². The van der Waals surface area contributed by atoms with E-state index >= 15 is 0 Å². The third-order valence-corrected chi connectivity index (χ3v) is 8.19. The zero-order valence-corrected chi connectivity index (χ0v) is 21.4. The maximum absolute atomic E-state index is 13.9. The van der Waals surface area contributed by atoms with Crippen LogP contribution < -0.4 is 5.32 Å². The molecule has 5 rings (SSSR count). The molecule has 37 heavy (non-hydrogen) atoms. The summed E-state index contributed by atoms with van der Waals surface area (Å²) < 4.78 is 0. The Bertz CT molecular complexity index is 1220. The minimum atomic E-state index is -0.523. The van der Waals surface area contributed by atoms with Gasteiger partial charge in [-0.15, -0.1) is 0 Å². The number of aromatic nitrogens is 1. The molecule has 1 aromatic carbocycles. The molecule has 0 spiro atoms. The van der Waals surface area contributed by atoms with Crippen LogP contribution in [0.1, 0.15) is 43.1 Å². The molecule has 3 aliphatic rings. The predicted octanol–water partition coefficient (Wildman–Crippen LogP) is 5.74. The molecule has 1 N–H and O–H groups in total. The first-order valence-corrected chi connectivity index (χ1v) is 13.4. The molecule has 5 heteroatoms. The van der Waals surface area contributed by atoms with Crippen LogP contribution >= 0.6 is 0 Å². The molecule has 0 bridgehead atoms. The van der Waals surface area contributed by atoms with Gasteiger partial charge in [-0.2, -0.15) is 0 Å². The van der Waals surface area contributed by atoms with Crippen molar-refractivity contribution in [2.24, 2.45) is 17.3 Å². The Kier molecular flexibility index (Phi) is 7.50. The van der Waals surface area contributed by atoms with Crippen LogP contribution in [0.5, 0.6) is 0 Å². The molecule has 2 heterocycles. The molecule has 1 fully saturated rings. The Morgan fingerprint density at radius 1 is 0.919 bits per heavy atom. The van der Waals surface area contributed by atoms with Crippen LogP contribution in [-0.2, 0) is 4.79 Å². The topological polar surface area (TPSA) is 62.3 Å². The SMILES string of the molecule is C[C@H](NC(=O)C1(C2C=CC=CC2)CCN(C(=O)c2ccc(-c3ccccc3)cn2)CC1)C1C=CC=CC1. The fourth-order valence-corrected chi connectivity index (χ4v) is 5.78. The minimum Gasteiger partial charge on any atom is -0.353 e. The lowest BCUT2D eigenvalue weighted by molar-refractivity contribution is -0.137. The fourth-order valence-electron chi connectivity index (χ4n) is 5.78. The van der Waals surface area contributed by atoms with E-state index in [1.165, 1.54) is 0 Å². The van der Waals surface area contributed by atoms with Crippen LogP contribution in [0.2, 0.25) is 0 Å². The normalized spacial score (nSPS) is 23.0. The molecule has 2 aromatic rings. The zero-order chi connectivity index (χ0) is 25.7. The van der Waals surface area contributed by atoms with Crippen LogP contribution in [0.4, 0.5) is 0 Å². The molecule has 190 valence electrons. The molecule has 1 aromatic heterocycles. The first-order valence-electron chi connectivity index (χ1n) is 13.4. The number of allylic oxidation sites excluding steroid dienone is 7. The van der Waals surface area contributed by atoms with Crippen molar-refractivity contribution in [2.75, 3.05) is 13.1 Å². The van der Waals surface area contributed by atoms with Crippen molar-refractivity contribution in [3.8, 4) is 11.1 Å². The molecule has 1 aliphatic heterocycles. The van der Waals surface area contributed by atoms with E-state index in [4.69, 9.17) is 0 Å². The summed E-state index contributed by atoms with van der Waals surface area (Å²) in [4.78, 5) is 33.5. The molecule has 0 saturated carbocycles. The number of pyridine rings is 1. The van der Waals surface area contributed by atoms with Crippen molar-refractivity contribution in [3.05, 3.63) is 103 Å². The number of hydrogen-bond donors (Lipinski definition) is 1. The quantitative estimate of drug-likeness (QED) is 0.558. The van der Waals surface area contributed by atoms with Crippen LogP contribution in [-0.4, -0.2) is 40.8 Å². The van der Waals surface area contributed by atoms with Gasteiger partial charge in [-0.25, -0.2) is 0 Å². The summed E-state index contributed by atoms with van der Waals surface area (Å²) >= 11 is 0. The Morgan fingerprint density at radius 2 is 1.65 bits per heavy atom. The van der Waals surface area contributed by atoms with Crippen LogP contribution in [0.25, 0.3) is 11.1 Å². The van der Waals surface area contributed by atoms with E-state index in [1.54, 1.807) is 6.20 Å². The number of amides is 2. The highest BCUT2D eigenvalue weighted by atomic mass is 16.2. The van der Waals surface area contributed by atoms with E-state index < -0.39 is 5.41 Å². The summed E-state index contributed by atoms with van der Waals surface area (Å²) in [5, 5.41) is 3.36. The van der Waals surface area contributed by atoms with Crippen LogP contribution in [0.15, 0.2) is 97.3 Å². The lowest BCUT2D eigenvalue weighted by Crippen LogP contribution is -2.55. The highest BCUT2D eigenvalue weighted by Crippen LogP contribution is 2.43. The van der Waals surface area contributed by atoms with Gasteiger partial charge in [-0.05, 0) is 50.2 Å². The number of likely N-dealkylation sites (tertiary alicyclic amines) is 1. The molecule has 2 aliphatic carbocycles. The lowest BCUT2D eigenvalue weighted by Gasteiger charge is -2.45. The Hall–Kier alpha value is -3.73. The van der Waals surface area contributed by atoms with Gasteiger partial charge in [0.15, 0.2) is 0 Å². The third-order valence-electron chi connectivity index (χ3n) is 8.19. The van der Waals surface area contributed by atoms with E-state index in [0.29, 0.717) is 37.5 Å². The van der Waals surface area contributed by atoms with Crippen LogP contribution in [0.3, 0.4) is 0 Å². The maximum Gasteiger partial charge on any atom is 0.272 e. The molecule has 0 radical (unpaired) electrons. The van der Waals surface area contributed by atoms with Gasteiger partial charge in [0.25, 0.3) is 5.91 Å². The summed E-state index contributed by atoms with van der Waals surface area (Å²) in [7, 11) is 0. The van der Waals surface area contributed by atoms with Gasteiger partial charge in [-0.1, -0.05) is 85.0 Å². The standard InChI is InChI=1S/C32H35N3O2/c1-24(25-11-5-2-6-12-25)34-31(37)32(28-15-9-4-10-16-28)19-21-35(22-20-32)30(36)29-18-17-27(23-33-29)26-13-7-3-8-14-26/h2-11,13-15,17-18,23-25,28H,12,16,19-22H2,1H3,(H,34,37)/t24-,25?,28?/m0/s1. The highest BCUT2D eigenvalue weighted by Gasteiger charge is 2.47. The van der Waals surface area contributed by atoms with Crippen molar-refractivity contribution >= 4 is 11.8 Å². The Balaban J connectivity index is 1.28. The predicted molar refractivity (Wildman–Crippen MR) is 148 cm³/mol.